The Balaban J connectivity index is 2.21. The number of hydrogen-bond acceptors (Lipinski definition) is 2. The van der Waals surface area contributed by atoms with E-state index < -0.39 is 0 Å². The summed E-state index contributed by atoms with van der Waals surface area (Å²) in [6.45, 7) is 4.63. The highest BCUT2D eigenvalue weighted by atomic mass is 32.1. The monoisotopic (exact) mass is 259 g/mol. The van der Waals surface area contributed by atoms with Crippen LogP contribution in [0.1, 0.15) is 24.3 Å². The van der Waals surface area contributed by atoms with Gasteiger partial charge < -0.3 is 5.32 Å². The topological polar surface area (TPSA) is 12.0 Å². The molecule has 0 saturated carbocycles. The Morgan fingerprint density at radius 3 is 2.39 bits per heavy atom. The van der Waals surface area contributed by atoms with Crippen molar-refractivity contribution in [3.8, 4) is 0 Å². The number of rotatable bonds is 5. The van der Waals surface area contributed by atoms with Gasteiger partial charge in [-0.05, 0) is 30.5 Å². The fourth-order valence-electron chi connectivity index (χ4n) is 2.42. The third kappa shape index (κ3) is 2.82. The fourth-order valence-corrected chi connectivity index (χ4v) is 3.17. The second-order valence-electron chi connectivity index (χ2n) is 5.21. The molecule has 0 amide bonds. The standard InChI is InChI=1S/C16H21NS/c1-16(2,13-8-5-4-6-9-13)15(17-3)12-14-10-7-11-18-14/h4-11,15,17H,12H2,1-3H3. The summed E-state index contributed by atoms with van der Waals surface area (Å²) in [5.41, 5.74) is 1.51. The molecule has 1 aromatic carbocycles. The van der Waals surface area contributed by atoms with Crippen LogP contribution in [0.3, 0.4) is 0 Å². The van der Waals surface area contributed by atoms with E-state index >= 15 is 0 Å². The minimum Gasteiger partial charge on any atom is -0.316 e. The van der Waals surface area contributed by atoms with Crippen molar-refractivity contribution >= 4 is 11.3 Å². The smallest absolute Gasteiger partial charge is 0.0204 e. The van der Waals surface area contributed by atoms with Gasteiger partial charge in [0.05, 0.1) is 0 Å². The molecule has 0 saturated heterocycles. The summed E-state index contributed by atoms with van der Waals surface area (Å²) in [5.74, 6) is 0. The van der Waals surface area contributed by atoms with Crippen molar-refractivity contribution < 1.29 is 0 Å². The average molecular weight is 259 g/mol. The van der Waals surface area contributed by atoms with Crippen molar-refractivity contribution in [1.29, 1.82) is 0 Å². The van der Waals surface area contributed by atoms with Crippen LogP contribution in [-0.4, -0.2) is 13.1 Å². The average Bonchev–Trinajstić information content (AvgIpc) is 2.89. The number of hydrogen-bond donors (Lipinski definition) is 1. The zero-order valence-corrected chi connectivity index (χ0v) is 12.1. The Kier molecular flexibility index (Phi) is 4.20. The zero-order valence-electron chi connectivity index (χ0n) is 11.3. The van der Waals surface area contributed by atoms with Crippen molar-refractivity contribution in [3.63, 3.8) is 0 Å². The van der Waals surface area contributed by atoms with Crippen LogP contribution in [0, 0.1) is 0 Å². The molecule has 2 heteroatoms. The van der Waals surface area contributed by atoms with E-state index in [2.05, 4.69) is 74.1 Å². The summed E-state index contributed by atoms with van der Waals surface area (Å²) in [6.07, 6.45) is 1.08. The van der Waals surface area contributed by atoms with Crippen molar-refractivity contribution in [3.05, 3.63) is 58.3 Å². The second kappa shape index (κ2) is 5.68. The first-order valence-corrected chi connectivity index (χ1v) is 7.27. The van der Waals surface area contributed by atoms with Crippen LogP contribution < -0.4 is 5.32 Å². The maximum atomic E-state index is 3.49. The lowest BCUT2D eigenvalue weighted by Crippen LogP contribution is -2.44. The molecule has 2 rings (SSSR count). The van der Waals surface area contributed by atoms with Gasteiger partial charge in [0.2, 0.25) is 0 Å². The molecule has 1 unspecified atom stereocenters. The lowest BCUT2D eigenvalue weighted by Gasteiger charge is -2.34. The number of nitrogens with one attached hydrogen (secondary N) is 1. The van der Waals surface area contributed by atoms with E-state index in [1.807, 2.05) is 11.3 Å². The third-order valence-corrected chi connectivity index (χ3v) is 4.62. The maximum Gasteiger partial charge on any atom is 0.0204 e. The highest BCUT2D eigenvalue weighted by Crippen LogP contribution is 2.29. The molecule has 0 aliphatic heterocycles. The van der Waals surface area contributed by atoms with Crippen LogP contribution >= 0.6 is 11.3 Å². The summed E-state index contributed by atoms with van der Waals surface area (Å²) in [4.78, 5) is 1.44. The van der Waals surface area contributed by atoms with Gasteiger partial charge in [0.15, 0.2) is 0 Å². The van der Waals surface area contributed by atoms with Gasteiger partial charge in [-0.3, -0.25) is 0 Å². The van der Waals surface area contributed by atoms with Crippen LogP contribution in [0.2, 0.25) is 0 Å². The minimum absolute atomic E-state index is 0.125. The Morgan fingerprint density at radius 2 is 1.83 bits per heavy atom. The predicted molar refractivity (Wildman–Crippen MR) is 80.3 cm³/mol. The molecule has 0 fully saturated rings. The predicted octanol–water partition coefficient (Wildman–Crippen LogP) is 3.86. The second-order valence-corrected chi connectivity index (χ2v) is 6.24. The molecule has 2 aromatic rings. The van der Waals surface area contributed by atoms with Crippen molar-refractivity contribution in [2.75, 3.05) is 7.05 Å². The minimum atomic E-state index is 0.125. The summed E-state index contributed by atoms with van der Waals surface area (Å²) < 4.78 is 0. The molecule has 1 atom stereocenters. The van der Waals surface area contributed by atoms with Crippen LogP contribution in [0.4, 0.5) is 0 Å². The zero-order chi connectivity index (χ0) is 13.0. The van der Waals surface area contributed by atoms with Gasteiger partial charge in [0.25, 0.3) is 0 Å². The van der Waals surface area contributed by atoms with E-state index in [0.29, 0.717) is 6.04 Å². The van der Waals surface area contributed by atoms with Crippen LogP contribution in [0.25, 0.3) is 0 Å². The first-order chi connectivity index (χ1) is 8.64. The molecular weight excluding hydrogens is 238 g/mol. The van der Waals surface area contributed by atoms with Gasteiger partial charge in [-0.2, -0.15) is 0 Å². The van der Waals surface area contributed by atoms with Crippen LogP contribution in [0.5, 0.6) is 0 Å². The Morgan fingerprint density at radius 1 is 1.11 bits per heavy atom. The molecule has 1 nitrogen and oxygen atoms in total. The third-order valence-electron chi connectivity index (χ3n) is 3.72. The number of likely N-dealkylation sites (N-methyl/N-ethyl adjacent to an activating group) is 1. The van der Waals surface area contributed by atoms with Gasteiger partial charge >= 0.3 is 0 Å². The van der Waals surface area contributed by atoms with Gasteiger partial charge in [-0.15, -0.1) is 11.3 Å². The first kappa shape index (κ1) is 13.3. The molecule has 0 aliphatic rings. The number of benzene rings is 1. The van der Waals surface area contributed by atoms with E-state index in [-0.39, 0.29) is 5.41 Å². The van der Waals surface area contributed by atoms with E-state index in [9.17, 15) is 0 Å². The maximum absolute atomic E-state index is 3.49. The normalized spacial score (nSPS) is 13.5. The Labute approximate surface area is 114 Å². The first-order valence-electron chi connectivity index (χ1n) is 6.40. The lowest BCUT2D eigenvalue weighted by atomic mass is 9.76. The molecule has 1 N–H and O–H groups in total. The highest BCUT2D eigenvalue weighted by Gasteiger charge is 2.30. The van der Waals surface area contributed by atoms with E-state index in [1.165, 1.54) is 10.4 Å². The molecule has 1 aromatic heterocycles. The van der Waals surface area contributed by atoms with Gasteiger partial charge in [0.1, 0.15) is 0 Å². The van der Waals surface area contributed by atoms with E-state index in [0.717, 1.165) is 6.42 Å². The van der Waals surface area contributed by atoms with Crippen molar-refractivity contribution in [2.24, 2.45) is 0 Å². The van der Waals surface area contributed by atoms with Crippen LogP contribution in [-0.2, 0) is 11.8 Å². The fraction of sp³-hybridized carbons (Fsp3) is 0.375. The van der Waals surface area contributed by atoms with E-state index in [1.54, 1.807) is 0 Å². The molecular formula is C16H21NS. The summed E-state index contributed by atoms with van der Waals surface area (Å²) in [6, 6.07) is 15.5. The molecule has 0 aliphatic carbocycles. The Bertz CT molecular complexity index is 459. The van der Waals surface area contributed by atoms with Gasteiger partial charge in [0, 0.05) is 16.3 Å². The molecule has 18 heavy (non-hydrogen) atoms. The molecule has 0 radical (unpaired) electrons. The van der Waals surface area contributed by atoms with Gasteiger partial charge in [-0.1, -0.05) is 50.2 Å². The molecule has 1 heterocycles. The largest absolute Gasteiger partial charge is 0.316 e. The molecule has 0 spiro atoms. The molecule has 0 bridgehead atoms. The van der Waals surface area contributed by atoms with Crippen LogP contribution in [0.15, 0.2) is 47.8 Å². The van der Waals surface area contributed by atoms with Crippen molar-refractivity contribution in [1.82, 2.24) is 5.32 Å². The quantitative estimate of drug-likeness (QED) is 0.860. The van der Waals surface area contributed by atoms with Crippen molar-refractivity contribution in [2.45, 2.75) is 31.7 Å². The number of thiophene rings is 1. The highest BCUT2D eigenvalue weighted by molar-refractivity contribution is 7.09. The molecule has 96 valence electrons. The van der Waals surface area contributed by atoms with Gasteiger partial charge in [-0.25, -0.2) is 0 Å². The summed E-state index contributed by atoms with van der Waals surface area (Å²) >= 11 is 1.84. The Hall–Kier alpha value is -1.12. The summed E-state index contributed by atoms with van der Waals surface area (Å²) in [7, 11) is 2.06. The van der Waals surface area contributed by atoms with E-state index in [4.69, 9.17) is 0 Å². The SMILES string of the molecule is CNC(Cc1cccs1)C(C)(C)c1ccccc1. The summed E-state index contributed by atoms with van der Waals surface area (Å²) in [5, 5.41) is 5.64. The lowest BCUT2D eigenvalue weighted by molar-refractivity contribution is 0.358.